The maximum atomic E-state index is 4.63. The fourth-order valence-electron chi connectivity index (χ4n) is 3.09. The first-order valence-electron chi connectivity index (χ1n) is 8.03. The summed E-state index contributed by atoms with van der Waals surface area (Å²) in [6.07, 6.45) is 4.72. The van der Waals surface area contributed by atoms with Crippen molar-refractivity contribution in [1.29, 1.82) is 0 Å². The van der Waals surface area contributed by atoms with Crippen LogP contribution >= 0.6 is 11.8 Å². The molecule has 24 heavy (non-hydrogen) atoms. The lowest BCUT2D eigenvalue weighted by Gasteiger charge is -2.21. The van der Waals surface area contributed by atoms with E-state index in [0.717, 1.165) is 34.0 Å². The van der Waals surface area contributed by atoms with Crippen molar-refractivity contribution < 1.29 is 0 Å². The molecule has 0 amide bonds. The third-order valence-electron chi connectivity index (χ3n) is 4.50. The van der Waals surface area contributed by atoms with E-state index >= 15 is 0 Å². The van der Waals surface area contributed by atoms with Crippen molar-refractivity contribution in [2.45, 2.75) is 22.5 Å². The minimum absolute atomic E-state index is 0.619. The molecule has 1 unspecified atom stereocenters. The molecule has 3 aromatic rings. The average molecular weight is 340 g/mol. The lowest BCUT2D eigenvalue weighted by molar-refractivity contribution is 0.315. The molecule has 0 saturated carbocycles. The number of anilines is 1. The van der Waals surface area contributed by atoms with Crippen molar-refractivity contribution in [1.82, 2.24) is 25.1 Å². The topological polar surface area (TPSA) is 60.9 Å². The summed E-state index contributed by atoms with van der Waals surface area (Å²) in [5, 5.41) is 8.72. The second kappa shape index (κ2) is 6.41. The molecule has 124 valence electrons. The molecule has 1 aliphatic heterocycles. The largest absolute Gasteiger partial charge is 0.369 e. The van der Waals surface area contributed by atoms with E-state index in [-0.39, 0.29) is 0 Å². The lowest BCUT2D eigenvalue weighted by atomic mass is 10.2. The summed E-state index contributed by atoms with van der Waals surface area (Å²) in [4.78, 5) is 14.7. The Bertz CT molecular complexity index is 832. The number of aromatic nitrogens is 4. The van der Waals surface area contributed by atoms with Crippen LogP contribution in [0, 0.1) is 0 Å². The molecular formula is C17H20N6S. The van der Waals surface area contributed by atoms with Gasteiger partial charge in [0.1, 0.15) is 6.33 Å². The molecule has 1 aliphatic rings. The molecule has 0 bridgehead atoms. The molecule has 1 atom stereocenters. The van der Waals surface area contributed by atoms with Crippen molar-refractivity contribution >= 4 is 28.4 Å². The number of benzene rings is 1. The van der Waals surface area contributed by atoms with Crippen LogP contribution in [0.2, 0.25) is 0 Å². The Hall–Kier alpha value is -2.12. The van der Waals surface area contributed by atoms with E-state index in [2.05, 4.69) is 68.3 Å². The van der Waals surface area contributed by atoms with E-state index in [1.807, 2.05) is 6.20 Å². The van der Waals surface area contributed by atoms with E-state index < -0.39 is 0 Å². The molecule has 0 radical (unpaired) electrons. The SMILES string of the molecule is CN(C)C1CCN(c2cnc3ccc(Sc4ncn[nH]4)cc3c2)C1. The van der Waals surface area contributed by atoms with Crippen LogP contribution in [0.5, 0.6) is 0 Å². The number of hydrogen-bond acceptors (Lipinski definition) is 6. The summed E-state index contributed by atoms with van der Waals surface area (Å²) >= 11 is 1.57. The molecule has 7 heteroatoms. The molecule has 1 aromatic carbocycles. The Labute approximate surface area is 145 Å². The number of fused-ring (bicyclic) bond motifs is 1. The first-order valence-corrected chi connectivity index (χ1v) is 8.85. The third kappa shape index (κ3) is 3.09. The highest BCUT2D eigenvalue weighted by Gasteiger charge is 2.24. The summed E-state index contributed by atoms with van der Waals surface area (Å²) in [7, 11) is 4.31. The zero-order chi connectivity index (χ0) is 16.5. The van der Waals surface area contributed by atoms with Crippen LogP contribution in [0.25, 0.3) is 10.9 Å². The number of likely N-dealkylation sites (N-methyl/N-ethyl adjacent to an activating group) is 1. The standard InChI is InChI=1S/C17H20N6S/c1-22(2)13-5-6-23(10-13)14-7-12-8-15(3-4-16(12)18-9-14)24-17-19-11-20-21-17/h3-4,7-9,11,13H,5-6,10H2,1-2H3,(H,19,20,21). The van der Waals surface area contributed by atoms with Crippen LogP contribution < -0.4 is 4.90 Å². The number of aromatic amines is 1. The molecule has 1 fully saturated rings. The molecule has 2 aromatic heterocycles. The summed E-state index contributed by atoms with van der Waals surface area (Å²) < 4.78 is 0. The van der Waals surface area contributed by atoms with Gasteiger partial charge in [-0.15, -0.1) is 0 Å². The predicted octanol–water partition coefficient (Wildman–Crippen LogP) is 2.64. The first kappa shape index (κ1) is 15.4. The first-order chi connectivity index (χ1) is 11.7. The number of rotatable bonds is 4. The van der Waals surface area contributed by atoms with Crippen molar-refractivity contribution in [2.24, 2.45) is 0 Å². The van der Waals surface area contributed by atoms with Gasteiger partial charge in [0.2, 0.25) is 0 Å². The van der Waals surface area contributed by atoms with Gasteiger partial charge in [-0.3, -0.25) is 10.1 Å². The van der Waals surface area contributed by atoms with Crippen LogP contribution in [0.1, 0.15) is 6.42 Å². The summed E-state index contributed by atoms with van der Waals surface area (Å²) in [6.45, 7) is 2.15. The van der Waals surface area contributed by atoms with Gasteiger partial charge in [0, 0.05) is 29.4 Å². The maximum Gasteiger partial charge on any atom is 0.188 e. The van der Waals surface area contributed by atoms with Crippen molar-refractivity contribution in [3.63, 3.8) is 0 Å². The molecule has 1 N–H and O–H groups in total. The number of hydrogen-bond donors (Lipinski definition) is 1. The molecule has 3 heterocycles. The molecule has 1 saturated heterocycles. The zero-order valence-corrected chi connectivity index (χ0v) is 14.6. The zero-order valence-electron chi connectivity index (χ0n) is 13.8. The number of H-pyrrole nitrogens is 1. The minimum atomic E-state index is 0.619. The van der Waals surface area contributed by atoms with E-state index in [9.17, 15) is 0 Å². The van der Waals surface area contributed by atoms with Gasteiger partial charge in [0.15, 0.2) is 5.16 Å². The van der Waals surface area contributed by atoms with Gasteiger partial charge in [0.25, 0.3) is 0 Å². The minimum Gasteiger partial charge on any atom is -0.369 e. The monoisotopic (exact) mass is 340 g/mol. The van der Waals surface area contributed by atoms with Gasteiger partial charge in [-0.2, -0.15) is 5.10 Å². The second-order valence-corrected chi connectivity index (χ2v) is 7.36. The van der Waals surface area contributed by atoms with Gasteiger partial charge < -0.3 is 9.80 Å². The molecular weight excluding hydrogens is 320 g/mol. The molecule has 6 nitrogen and oxygen atoms in total. The maximum absolute atomic E-state index is 4.63. The smallest absolute Gasteiger partial charge is 0.188 e. The average Bonchev–Trinajstić information content (AvgIpc) is 3.26. The van der Waals surface area contributed by atoms with Crippen molar-refractivity contribution in [2.75, 3.05) is 32.1 Å². The fraction of sp³-hybridized carbons (Fsp3) is 0.353. The Morgan fingerprint density at radius 3 is 2.92 bits per heavy atom. The van der Waals surface area contributed by atoms with Crippen LogP contribution in [-0.2, 0) is 0 Å². The highest BCUT2D eigenvalue weighted by atomic mass is 32.2. The molecule has 4 rings (SSSR count). The normalized spacial score (nSPS) is 18.0. The molecule has 0 aliphatic carbocycles. The highest BCUT2D eigenvalue weighted by Crippen LogP contribution is 2.29. The summed E-state index contributed by atoms with van der Waals surface area (Å²) in [5.41, 5.74) is 2.22. The quantitative estimate of drug-likeness (QED) is 0.788. The number of nitrogens with one attached hydrogen (secondary N) is 1. The Morgan fingerprint density at radius 2 is 2.17 bits per heavy atom. The third-order valence-corrected chi connectivity index (χ3v) is 5.38. The summed E-state index contributed by atoms with van der Waals surface area (Å²) in [5.74, 6) is 0. The Balaban J connectivity index is 1.59. The van der Waals surface area contributed by atoms with Gasteiger partial charge in [-0.05, 0) is 44.8 Å². The number of nitrogens with zero attached hydrogens (tertiary/aromatic N) is 5. The van der Waals surface area contributed by atoms with Crippen LogP contribution in [0.4, 0.5) is 5.69 Å². The van der Waals surface area contributed by atoms with Gasteiger partial charge in [-0.1, -0.05) is 11.8 Å². The van der Waals surface area contributed by atoms with Crippen LogP contribution in [0.3, 0.4) is 0 Å². The van der Waals surface area contributed by atoms with Crippen molar-refractivity contribution in [3.05, 3.63) is 36.8 Å². The Kier molecular flexibility index (Phi) is 4.12. The van der Waals surface area contributed by atoms with Crippen LogP contribution in [0.15, 0.2) is 46.8 Å². The van der Waals surface area contributed by atoms with E-state index in [1.54, 1.807) is 11.8 Å². The fourth-order valence-corrected chi connectivity index (χ4v) is 3.83. The predicted molar refractivity (Wildman–Crippen MR) is 96.6 cm³/mol. The summed E-state index contributed by atoms with van der Waals surface area (Å²) in [6, 6.07) is 9.16. The van der Waals surface area contributed by atoms with Gasteiger partial charge >= 0.3 is 0 Å². The van der Waals surface area contributed by atoms with E-state index in [4.69, 9.17) is 0 Å². The second-order valence-electron chi connectivity index (χ2n) is 6.29. The van der Waals surface area contributed by atoms with Gasteiger partial charge in [-0.25, -0.2) is 4.98 Å². The van der Waals surface area contributed by atoms with Crippen LogP contribution in [-0.4, -0.2) is 58.3 Å². The Morgan fingerprint density at radius 1 is 1.25 bits per heavy atom. The number of pyridine rings is 1. The van der Waals surface area contributed by atoms with E-state index in [0.29, 0.717) is 6.04 Å². The van der Waals surface area contributed by atoms with E-state index in [1.165, 1.54) is 18.4 Å². The van der Waals surface area contributed by atoms with Crippen molar-refractivity contribution in [3.8, 4) is 0 Å². The van der Waals surface area contributed by atoms with Gasteiger partial charge in [0.05, 0.1) is 17.4 Å². The lowest BCUT2D eigenvalue weighted by Crippen LogP contribution is -2.31. The molecule has 0 spiro atoms. The highest BCUT2D eigenvalue weighted by molar-refractivity contribution is 7.99.